The normalized spacial score (nSPS) is 11.0. The lowest BCUT2D eigenvalue weighted by Gasteiger charge is -2.19. The molecule has 2 amide bonds. The van der Waals surface area contributed by atoms with Crippen LogP contribution in [0.15, 0.2) is 42.5 Å². The molecule has 0 aliphatic heterocycles. The molecule has 0 heterocycles. The van der Waals surface area contributed by atoms with Crippen LogP contribution in [0.4, 0.5) is 11.4 Å². The maximum atomic E-state index is 12.6. The van der Waals surface area contributed by atoms with E-state index in [1.807, 2.05) is 52.8 Å². The molecule has 4 heteroatoms. The molecule has 2 rings (SSSR count). The van der Waals surface area contributed by atoms with Gasteiger partial charge in [-0.05, 0) is 49.2 Å². The van der Waals surface area contributed by atoms with Gasteiger partial charge in [0.25, 0.3) is 5.91 Å². The van der Waals surface area contributed by atoms with Gasteiger partial charge in [0.15, 0.2) is 0 Å². The molecule has 0 unspecified atom stereocenters. The van der Waals surface area contributed by atoms with Crippen molar-refractivity contribution in [3.63, 3.8) is 0 Å². The van der Waals surface area contributed by atoms with Gasteiger partial charge in [0.2, 0.25) is 5.91 Å². The number of nitrogens with one attached hydrogen (secondary N) is 2. The van der Waals surface area contributed by atoms with E-state index in [2.05, 4.69) is 10.6 Å². The van der Waals surface area contributed by atoms with Crippen LogP contribution in [-0.2, 0) is 4.79 Å². The zero-order valence-electron chi connectivity index (χ0n) is 14.9. The van der Waals surface area contributed by atoms with Gasteiger partial charge >= 0.3 is 0 Å². The summed E-state index contributed by atoms with van der Waals surface area (Å²) in [6, 6.07) is 12.8. The maximum absolute atomic E-state index is 12.6. The standard InChI is InChI=1S/C20H24N2O2/c1-13-10-11-15(12-14(13)2)21-18(23)16-8-6-7-9-17(16)22-19(24)20(3,4)5/h6-12H,1-5H3,(H,21,23)(H,22,24). The molecule has 0 atom stereocenters. The van der Waals surface area contributed by atoms with E-state index in [4.69, 9.17) is 0 Å². The number of anilines is 2. The summed E-state index contributed by atoms with van der Waals surface area (Å²) in [4.78, 5) is 24.8. The molecule has 0 bridgehead atoms. The van der Waals surface area contributed by atoms with Crippen molar-refractivity contribution in [2.24, 2.45) is 5.41 Å². The fourth-order valence-corrected chi connectivity index (χ4v) is 2.12. The van der Waals surface area contributed by atoms with Crippen LogP contribution < -0.4 is 10.6 Å². The molecule has 0 spiro atoms. The maximum Gasteiger partial charge on any atom is 0.257 e. The minimum atomic E-state index is -0.530. The van der Waals surface area contributed by atoms with Gasteiger partial charge in [-0.25, -0.2) is 0 Å². The van der Waals surface area contributed by atoms with Crippen LogP contribution in [0.5, 0.6) is 0 Å². The van der Waals surface area contributed by atoms with Gasteiger partial charge in [-0.1, -0.05) is 39.0 Å². The number of rotatable bonds is 3. The molecule has 2 N–H and O–H groups in total. The third-order valence-electron chi connectivity index (χ3n) is 3.87. The number of carbonyl (C=O) groups excluding carboxylic acids is 2. The SMILES string of the molecule is Cc1ccc(NC(=O)c2ccccc2NC(=O)C(C)(C)C)cc1C. The van der Waals surface area contributed by atoms with E-state index >= 15 is 0 Å². The molecule has 0 aliphatic carbocycles. The second kappa shape index (κ2) is 6.87. The van der Waals surface area contributed by atoms with E-state index in [1.54, 1.807) is 24.3 Å². The number of hydrogen-bond donors (Lipinski definition) is 2. The predicted octanol–water partition coefficient (Wildman–Crippen LogP) is 4.54. The second-order valence-corrected chi connectivity index (χ2v) is 7.00. The van der Waals surface area contributed by atoms with Gasteiger partial charge in [0.1, 0.15) is 0 Å². The van der Waals surface area contributed by atoms with Crippen LogP contribution in [0.25, 0.3) is 0 Å². The van der Waals surface area contributed by atoms with Gasteiger partial charge in [-0.2, -0.15) is 0 Å². The van der Waals surface area contributed by atoms with E-state index < -0.39 is 5.41 Å². The summed E-state index contributed by atoms with van der Waals surface area (Å²) in [6.07, 6.45) is 0. The molecule has 0 saturated carbocycles. The Morgan fingerprint density at radius 3 is 2.17 bits per heavy atom. The Labute approximate surface area is 143 Å². The van der Waals surface area contributed by atoms with Gasteiger partial charge in [-0.15, -0.1) is 0 Å². The van der Waals surface area contributed by atoms with Gasteiger partial charge in [0.05, 0.1) is 11.3 Å². The van der Waals surface area contributed by atoms with Crippen molar-refractivity contribution in [1.29, 1.82) is 0 Å². The van der Waals surface area contributed by atoms with Crippen molar-refractivity contribution in [3.8, 4) is 0 Å². The first-order chi connectivity index (χ1) is 11.2. The number of aryl methyl sites for hydroxylation is 2. The average Bonchev–Trinajstić information content (AvgIpc) is 2.50. The van der Waals surface area contributed by atoms with Crippen LogP contribution in [0, 0.1) is 19.3 Å². The lowest BCUT2D eigenvalue weighted by molar-refractivity contribution is -0.123. The van der Waals surface area contributed by atoms with Crippen LogP contribution >= 0.6 is 0 Å². The summed E-state index contributed by atoms with van der Waals surface area (Å²) in [5.41, 5.74) is 3.44. The Hall–Kier alpha value is -2.62. The van der Waals surface area contributed by atoms with Gasteiger partial charge in [-0.3, -0.25) is 9.59 Å². The summed E-state index contributed by atoms with van der Waals surface area (Å²) in [6.45, 7) is 9.53. The lowest BCUT2D eigenvalue weighted by atomic mass is 9.95. The first kappa shape index (κ1) is 17.7. The quantitative estimate of drug-likeness (QED) is 0.871. The zero-order valence-corrected chi connectivity index (χ0v) is 14.9. The third kappa shape index (κ3) is 4.22. The van der Waals surface area contributed by atoms with Crippen LogP contribution in [0.3, 0.4) is 0 Å². The Kier molecular flexibility index (Phi) is 5.07. The second-order valence-electron chi connectivity index (χ2n) is 7.00. The molecular weight excluding hydrogens is 300 g/mol. The number of amides is 2. The zero-order chi connectivity index (χ0) is 17.9. The topological polar surface area (TPSA) is 58.2 Å². The fourth-order valence-electron chi connectivity index (χ4n) is 2.12. The van der Waals surface area contributed by atoms with Gasteiger partial charge in [0, 0.05) is 11.1 Å². The first-order valence-electron chi connectivity index (χ1n) is 7.97. The Balaban J connectivity index is 2.23. The molecule has 2 aromatic rings. The number of hydrogen-bond acceptors (Lipinski definition) is 2. The number of carbonyl (C=O) groups is 2. The summed E-state index contributed by atoms with van der Waals surface area (Å²) >= 11 is 0. The molecule has 126 valence electrons. The minimum absolute atomic E-state index is 0.131. The molecule has 0 fully saturated rings. The monoisotopic (exact) mass is 324 g/mol. The van der Waals surface area contributed by atoms with E-state index in [0.29, 0.717) is 11.3 Å². The molecule has 4 nitrogen and oxygen atoms in total. The molecule has 0 saturated heterocycles. The highest BCUT2D eigenvalue weighted by Gasteiger charge is 2.23. The van der Waals surface area contributed by atoms with E-state index in [-0.39, 0.29) is 11.8 Å². The average molecular weight is 324 g/mol. The molecule has 2 aromatic carbocycles. The summed E-state index contributed by atoms with van der Waals surface area (Å²) < 4.78 is 0. The highest BCUT2D eigenvalue weighted by Crippen LogP contribution is 2.22. The van der Waals surface area contributed by atoms with Crippen molar-refractivity contribution in [2.45, 2.75) is 34.6 Å². The van der Waals surface area contributed by atoms with Crippen molar-refractivity contribution in [1.82, 2.24) is 0 Å². The summed E-state index contributed by atoms with van der Waals surface area (Å²) in [7, 11) is 0. The predicted molar refractivity (Wildman–Crippen MR) is 98.4 cm³/mol. The number of benzene rings is 2. The largest absolute Gasteiger partial charge is 0.325 e. The summed E-state index contributed by atoms with van der Waals surface area (Å²) in [5, 5.41) is 5.73. The van der Waals surface area contributed by atoms with Crippen LogP contribution in [-0.4, -0.2) is 11.8 Å². The molecule has 0 radical (unpaired) electrons. The summed E-state index contributed by atoms with van der Waals surface area (Å²) in [5.74, 6) is -0.378. The molecule has 0 aromatic heterocycles. The van der Waals surface area contributed by atoms with Crippen molar-refractivity contribution in [2.75, 3.05) is 10.6 Å². The Morgan fingerprint density at radius 2 is 1.54 bits per heavy atom. The van der Waals surface area contributed by atoms with Crippen molar-refractivity contribution >= 4 is 23.2 Å². The molecular formula is C20H24N2O2. The Bertz CT molecular complexity index is 773. The van der Waals surface area contributed by atoms with E-state index in [1.165, 1.54) is 5.56 Å². The van der Waals surface area contributed by atoms with Crippen LogP contribution in [0.1, 0.15) is 42.3 Å². The molecule has 0 aliphatic rings. The molecule has 24 heavy (non-hydrogen) atoms. The van der Waals surface area contributed by atoms with Gasteiger partial charge < -0.3 is 10.6 Å². The Morgan fingerprint density at radius 1 is 0.875 bits per heavy atom. The highest BCUT2D eigenvalue weighted by atomic mass is 16.2. The third-order valence-corrected chi connectivity index (χ3v) is 3.87. The first-order valence-corrected chi connectivity index (χ1v) is 7.97. The van der Waals surface area contributed by atoms with Crippen LogP contribution in [0.2, 0.25) is 0 Å². The smallest absolute Gasteiger partial charge is 0.257 e. The minimum Gasteiger partial charge on any atom is -0.325 e. The fraction of sp³-hybridized carbons (Fsp3) is 0.300. The number of para-hydroxylation sites is 1. The van der Waals surface area contributed by atoms with E-state index in [0.717, 1.165) is 11.3 Å². The van der Waals surface area contributed by atoms with E-state index in [9.17, 15) is 9.59 Å². The van der Waals surface area contributed by atoms with Crippen molar-refractivity contribution < 1.29 is 9.59 Å². The lowest BCUT2D eigenvalue weighted by Crippen LogP contribution is -2.28. The van der Waals surface area contributed by atoms with Crippen molar-refractivity contribution in [3.05, 3.63) is 59.2 Å². The highest BCUT2D eigenvalue weighted by molar-refractivity contribution is 6.10.